The van der Waals surface area contributed by atoms with Gasteiger partial charge in [-0.15, -0.1) is 0 Å². The van der Waals surface area contributed by atoms with Crippen LogP contribution in [0.2, 0.25) is 0 Å². The van der Waals surface area contributed by atoms with E-state index in [9.17, 15) is 14.4 Å². The van der Waals surface area contributed by atoms with E-state index in [4.69, 9.17) is 10.5 Å². The second-order valence-corrected chi connectivity index (χ2v) is 21.6. The normalized spacial score (nSPS) is 18.2. The first kappa shape index (κ1) is 49.2. The van der Waals surface area contributed by atoms with Gasteiger partial charge in [-0.2, -0.15) is 10.2 Å². The number of nitrogens with two attached hydrogens (primary N) is 1. The number of hydrogen-bond acceptors (Lipinski definition) is 11. The van der Waals surface area contributed by atoms with E-state index in [1.165, 1.54) is 0 Å². The summed E-state index contributed by atoms with van der Waals surface area (Å²) in [6.07, 6.45) is 22.5. The third-order valence-corrected chi connectivity index (χ3v) is 15.2. The van der Waals surface area contributed by atoms with Gasteiger partial charge in [-0.3, -0.25) is 52.4 Å². The van der Waals surface area contributed by atoms with Crippen LogP contribution in [0.5, 0.6) is 0 Å². The van der Waals surface area contributed by atoms with Crippen LogP contribution in [0.25, 0.3) is 88.6 Å². The Bertz CT molecular complexity index is 3870. The Morgan fingerprint density at radius 2 is 1.00 bits per heavy atom. The molecule has 0 aliphatic heterocycles. The minimum Gasteiger partial charge on any atom is -0.460 e. The van der Waals surface area contributed by atoms with Crippen molar-refractivity contribution >= 4 is 49.8 Å². The SMILES string of the molecule is Cn1cc(-c2ccc(-c3ccc4ncc5c(c4c3)n(C3CCC(CC(=O)OC(C)(C)C)CC3)c(=O)n5C)cn2)cn1.Cn1cc(-c2ccc(-c3ccc4ncc5c(c4c3)n(C3CCC(N)CC3)c(=O)n5C)cn2)cn1. The Balaban J connectivity index is 0.000000163. The maximum absolute atomic E-state index is 13.6. The summed E-state index contributed by atoms with van der Waals surface area (Å²) in [5, 5.41) is 10.4. The van der Waals surface area contributed by atoms with Crippen LogP contribution in [0.15, 0.2) is 120 Å². The van der Waals surface area contributed by atoms with Crippen LogP contribution in [-0.2, 0) is 37.7 Å². The number of benzene rings is 2. The second-order valence-electron chi connectivity index (χ2n) is 21.6. The first-order valence-corrected chi connectivity index (χ1v) is 25.9. The van der Waals surface area contributed by atoms with E-state index in [1.807, 2.05) is 120 Å². The summed E-state index contributed by atoms with van der Waals surface area (Å²) in [4.78, 5) is 57.9. The molecule has 75 heavy (non-hydrogen) atoms. The highest BCUT2D eigenvalue weighted by Gasteiger charge is 2.30. The molecule has 8 aromatic heterocycles. The smallest absolute Gasteiger partial charge is 0.329 e. The van der Waals surface area contributed by atoms with Gasteiger partial charge in [0.2, 0.25) is 0 Å². The van der Waals surface area contributed by atoms with E-state index in [-0.39, 0.29) is 41.4 Å². The number of carbonyl (C=O) groups is 1. The molecule has 0 amide bonds. The third-order valence-electron chi connectivity index (χ3n) is 15.2. The minimum absolute atomic E-state index is 0.0117. The highest BCUT2D eigenvalue weighted by molar-refractivity contribution is 6.05. The first-order valence-electron chi connectivity index (χ1n) is 25.9. The molecule has 8 heterocycles. The molecule has 0 saturated heterocycles. The zero-order valence-corrected chi connectivity index (χ0v) is 43.6. The van der Waals surface area contributed by atoms with Gasteiger partial charge >= 0.3 is 17.3 Å². The maximum Gasteiger partial charge on any atom is 0.329 e. The number of ether oxygens (including phenoxy) is 1. The van der Waals surface area contributed by atoms with Crippen LogP contribution >= 0.6 is 0 Å². The largest absolute Gasteiger partial charge is 0.460 e. The Labute approximate surface area is 433 Å². The molecule has 0 spiro atoms. The van der Waals surface area contributed by atoms with Crippen LogP contribution < -0.4 is 17.1 Å². The first-order chi connectivity index (χ1) is 36.1. The van der Waals surface area contributed by atoms with E-state index in [0.29, 0.717) is 6.42 Å². The third kappa shape index (κ3) is 9.68. The van der Waals surface area contributed by atoms with Crippen LogP contribution in [0, 0.1) is 5.92 Å². The van der Waals surface area contributed by atoms with Crippen molar-refractivity contribution < 1.29 is 9.53 Å². The molecule has 2 saturated carbocycles. The fraction of sp³-hybridized carbons (Fsp3) is 0.362. The summed E-state index contributed by atoms with van der Waals surface area (Å²) >= 11 is 0. The van der Waals surface area contributed by atoms with E-state index < -0.39 is 5.60 Å². The molecule has 17 nitrogen and oxygen atoms in total. The average Bonchev–Trinajstić information content (AvgIpc) is 4.21. The molecule has 0 bridgehead atoms. The fourth-order valence-electron chi connectivity index (χ4n) is 11.3. The zero-order chi connectivity index (χ0) is 52.3. The van der Waals surface area contributed by atoms with Gasteiger partial charge in [0.05, 0.1) is 69.3 Å². The van der Waals surface area contributed by atoms with E-state index in [0.717, 1.165) is 140 Å². The number of imidazole rings is 2. The number of pyridine rings is 4. The molecule has 0 atom stereocenters. The second kappa shape index (κ2) is 19.7. The summed E-state index contributed by atoms with van der Waals surface area (Å²) in [5.41, 5.74) is 18.7. The van der Waals surface area contributed by atoms with Crippen molar-refractivity contribution in [2.45, 2.75) is 102 Å². The number of hydrogen-bond donors (Lipinski definition) is 1. The lowest BCUT2D eigenvalue weighted by Crippen LogP contribution is -2.32. The van der Waals surface area contributed by atoms with Crippen LogP contribution in [0.3, 0.4) is 0 Å². The number of fused-ring (bicyclic) bond motifs is 6. The number of aromatic nitrogens is 12. The number of carbonyl (C=O) groups excluding carboxylic acids is 1. The molecule has 2 aromatic carbocycles. The Hall–Kier alpha value is -8.05. The topological polar surface area (TPSA) is 193 Å². The van der Waals surface area contributed by atoms with Crippen LogP contribution in [0.1, 0.15) is 90.6 Å². The van der Waals surface area contributed by atoms with E-state index >= 15 is 0 Å². The van der Waals surface area contributed by atoms with E-state index in [1.54, 1.807) is 30.9 Å². The van der Waals surface area contributed by atoms with Gasteiger partial charge in [-0.25, -0.2) is 9.59 Å². The average molecular weight is 1010 g/mol. The van der Waals surface area contributed by atoms with Gasteiger partial charge in [0.15, 0.2) is 0 Å². The summed E-state index contributed by atoms with van der Waals surface area (Å²) in [5.74, 6) is 0.134. The summed E-state index contributed by atoms with van der Waals surface area (Å²) in [7, 11) is 7.43. The highest BCUT2D eigenvalue weighted by Crippen LogP contribution is 2.38. The molecule has 17 heteroatoms. The maximum atomic E-state index is 13.6. The lowest BCUT2D eigenvalue weighted by atomic mass is 9.84. The molecule has 0 unspecified atom stereocenters. The molecular formula is C58H63N13O4. The van der Waals surface area contributed by atoms with Crippen molar-refractivity contribution in [2.75, 3.05) is 0 Å². The number of aryl methyl sites for hydroxylation is 4. The van der Waals surface area contributed by atoms with Gasteiger partial charge in [-0.05, 0) is 126 Å². The molecule has 2 aliphatic rings. The molecule has 2 fully saturated rings. The monoisotopic (exact) mass is 1010 g/mol. The van der Waals surface area contributed by atoms with Gasteiger partial charge in [0.25, 0.3) is 0 Å². The number of rotatable bonds is 8. The standard InChI is InChI=1S/C32H36N6O3.C26H27N7O/c1-32(2,3)41-29(39)14-20-6-10-24(11-7-20)38-30-25-15-21(8-13-27(25)34-18-28(30)37(5)31(38)40)22-9-12-26(33-16-22)23-17-35-36(4)19-23;1-31-15-18(13-30-31)22-9-4-17(12-28-22)16-3-10-23-21(11-16)25-24(14-29-23)32(2)26(34)33(25)20-7-5-19(27)6-8-20/h8-9,12-13,15-20,24H,6-7,10-11,14H2,1-5H3;3-4,9-15,19-20H,5-8,27H2,1-2H3. The van der Waals surface area contributed by atoms with Crippen molar-refractivity contribution in [1.29, 1.82) is 0 Å². The zero-order valence-electron chi connectivity index (χ0n) is 43.6. The van der Waals surface area contributed by atoms with Gasteiger partial charge in [0.1, 0.15) is 5.60 Å². The summed E-state index contributed by atoms with van der Waals surface area (Å²) < 4.78 is 16.4. The van der Waals surface area contributed by atoms with Crippen LogP contribution in [0.4, 0.5) is 0 Å². The van der Waals surface area contributed by atoms with Crippen LogP contribution in [-0.4, -0.2) is 75.4 Å². The predicted molar refractivity (Wildman–Crippen MR) is 293 cm³/mol. The Kier molecular flexibility index (Phi) is 12.9. The summed E-state index contributed by atoms with van der Waals surface area (Å²) in [6.45, 7) is 5.69. The van der Waals surface area contributed by atoms with Gasteiger partial charge < -0.3 is 10.5 Å². The fourth-order valence-corrected chi connectivity index (χ4v) is 11.3. The Morgan fingerprint density at radius 1 is 0.560 bits per heavy atom. The molecule has 0 radical (unpaired) electrons. The van der Waals surface area contributed by atoms with E-state index in [2.05, 4.69) is 66.5 Å². The minimum atomic E-state index is -0.476. The number of nitrogens with zero attached hydrogens (tertiary/aromatic N) is 12. The predicted octanol–water partition coefficient (Wildman–Crippen LogP) is 9.61. The molecule has 2 N–H and O–H groups in total. The lowest BCUT2D eigenvalue weighted by molar-refractivity contribution is -0.156. The highest BCUT2D eigenvalue weighted by atomic mass is 16.6. The molecule has 2 aliphatic carbocycles. The molecule has 384 valence electrons. The lowest BCUT2D eigenvalue weighted by Gasteiger charge is -2.30. The van der Waals surface area contributed by atoms with Crippen molar-refractivity contribution in [3.8, 4) is 44.8 Å². The van der Waals surface area contributed by atoms with Crippen molar-refractivity contribution in [1.82, 2.24) is 57.8 Å². The molecule has 10 aromatic rings. The number of esters is 1. The quantitative estimate of drug-likeness (QED) is 0.143. The van der Waals surface area contributed by atoms with Gasteiger partial charge in [-0.1, -0.05) is 24.3 Å². The van der Waals surface area contributed by atoms with Crippen molar-refractivity contribution in [3.63, 3.8) is 0 Å². The Morgan fingerprint density at radius 3 is 1.40 bits per heavy atom. The van der Waals surface area contributed by atoms with Crippen molar-refractivity contribution in [3.05, 3.63) is 131 Å². The summed E-state index contributed by atoms with van der Waals surface area (Å²) in [6, 6.07) is 21.0. The van der Waals surface area contributed by atoms with Gasteiger partial charge in [0, 0.05) is 111 Å². The molecular weight excluding hydrogens is 943 g/mol. The van der Waals surface area contributed by atoms with Crippen molar-refractivity contribution in [2.24, 2.45) is 39.8 Å². The molecule has 12 rings (SSSR count).